The van der Waals surface area contributed by atoms with Crippen molar-refractivity contribution in [2.75, 3.05) is 6.54 Å². The van der Waals surface area contributed by atoms with E-state index in [-0.39, 0.29) is 18.0 Å². The van der Waals surface area contributed by atoms with E-state index in [0.717, 1.165) is 19.3 Å². The van der Waals surface area contributed by atoms with E-state index in [0.29, 0.717) is 13.0 Å². The van der Waals surface area contributed by atoms with Crippen LogP contribution in [0.4, 0.5) is 0 Å². The molecule has 0 aromatic rings. The highest BCUT2D eigenvalue weighted by Crippen LogP contribution is 2.21. The second kappa shape index (κ2) is 8.65. The Kier molecular flexibility index (Phi) is 7.45. The Morgan fingerprint density at radius 3 is 2.53 bits per heavy atom. The Bertz CT molecular complexity index is 218. The van der Waals surface area contributed by atoms with E-state index in [4.69, 9.17) is 10.5 Å². The third-order valence-electron chi connectivity index (χ3n) is 3.51. The van der Waals surface area contributed by atoms with E-state index >= 15 is 0 Å². The second-order valence-electron chi connectivity index (χ2n) is 5.04. The Morgan fingerprint density at radius 1 is 1.18 bits per heavy atom. The number of nitrogens with two attached hydrogens (primary N) is 1. The summed E-state index contributed by atoms with van der Waals surface area (Å²) in [6, 6.07) is 0. The molecule has 1 heterocycles. The maximum absolute atomic E-state index is 11.8. The predicted molar refractivity (Wildman–Crippen MR) is 69.9 cm³/mol. The lowest BCUT2D eigenvalue weighted by Crippen LogP contribution is -2.25. The quantitative estimate of drug-likeness (QED) is 0.631. The first kappa shape index (κ1) is 14.7. The molecule has 0 aliphatic carbocycles. The van der Waals surface area contributed by atoms with Gasteiger partial charge in [0.15, 0.2) is 5.78 Å². The van der Waals surface area contributed by atoms with Crippen LogP contribution in [0.3, 0.4) is 0 Å². The molecule has 0 aromatic carbocycles. The van der Waals surface area contributed by atoms with Crippen LogP contribution in [0.2, 0.25) is 0 Å². The number of hydrogen-bond acceptors (Lipinski definition) is 3. The maximum Gasteiger partial charge on any atom is 0.161 e. The minimum absolute atomic E-state index is 0.119. The Balaban J connectivity index is 2.01. The molecule has 100 valence electrons. The Morgan fingerprint density at radius 2 is 1.88 bits per heavy atom. The summed E-state index contributed by atoms with van der Waals surface area (Å²) in [5.74, 6) is 0.288. The minimum Gasteiger partial charge on any atom is -0.366 e. The molecule has 3 nitrogen and oxygen atoms in total. The summed E-state index contributed by atoms with van der Waals surface area (Å²) in [7, 11) is 0. The van der Waals surface area contributed by atoms with Crippen LogP contribution in [0.15, 0.2) is 0 Å². The standard InChI is InChI=1S/C14H27NO2/c1-2-3-4-5-6-7-8-13(16)14-10-9-12(11-15)17-14/h12,14H,2-11,15H2,1H3. The molecule has 0 aromatic heterocycles. The van der Waals surface area contributed by atoms with Crippen LogP contribution < -0.4 is 5.73 Å². The van der Waals surface area contributed by atoms with Gasteiger partial charge in [-0.3, -0.25) is 4.79 Å². The molecule has 1 rings (SSSR count). The van der Waals surface area contributed by atoms with Gasteiger partial charge in [-0.05, 0) is 19.3 Å². The smallest absolute Gasteiger partial charge is 0.161 e. The summed E-state index contributed by atoms with van der Waals surface area (Å²) in [5.41, 5.74) is 5.53. The summed E-state index contributed by atoms with van der Waals surface area (Å²) < 4.78 is 5.59. The van der Waals surface area contributed by atoms with Gasteiger partial charge in [-0.15, -0.1) is 0 Å². The normalized spacial score (nSPS) is 24.1. The van der Waals surface area contributed by atoms with E-state index in [1.54, 1.807) is 0 Å². The zero-order valence-electron chi connectivity index (χ0n) is 11.1. The summed E-state index contributed by atoms with van der Waals surface area (Å²) >= 11 is 0. The molecule has 3 heteroatoms. The van der Waals surface area contributed by atoms with Gasteiger partial charge in [0.25, 0.3) is 0 Å². The number of rotatable bonds is 9. The van der Waals surface area contributed by atoms with Gasteiger partial charge in [-0.25, -0.2) is 0 Å². The van der Waals surface area contributed by atoms with Crippen molar-refractivity contribution >= 4 is 5.78 Å². The first-order valence-electron chi connectivity index (χ1n) is 7.16. The van der Waals surface area contributed by atoms with Gasteiger partial charge in [0.1, 0.15) is 6.10 Å². The number of carbonyl (C=O) groups is 1. The van der Waals surface area contributed by atoms with Crippen LogP contribution >= 0.6 is 0 Å². The molecule has 1 fully saturated rings. The number of Topliss-reactive ketones (excluding diaryl/α,β-unsaturated/α-hetero) is 1. The van der Waals surface area contributed by atoms with Gasteiger partial charge >= 0.3 is 0 Å². The third-order valence-corrected chi connectivity index (χ3v) is 3.51. The molecule has 0 amide bonds. The molecule has 1 aliphatic heterocycles. The van der Waals surface area contributed by atoms with Crippen LogP contribution in [0.5, 0.6) is 0 Å². The van der Waals surface area contributed by atoms with E-state index in [2.05, 4.69) is 6.92 Å². The lowest BCUT2D eigenvalue weighted by Gasteiger charge is -2.11. The zero-order chi connectivity index (χ0) is 12.5. The highest BCUT2D eigenvalue weighted by Gasteiger charge is 2.28. The number of ether oxygens (including phenoxy) is 1. The maximum atomic E-state index is 11.8. The number of ketones is 1. The minimum atomic E-state index is -0.154. The fraction of sp³-hybridized carbons (Fsp3) is 0.929. The SMILES string of the molecule is CCCCCCCCC(=O)C1CCC(CN)O1. The van der Waals surface area contributed by atoms with Gasteiger partial charge < -0.3 is 10.5 Å². The fourth-order valence-corrected chi connectivity index (χ4v) is 2.36. The van der Waals surface area contributed by atoms with Crippen molar-refractivity contribution in [3.05, 3.63) is 0 Å². The summed E-state index contributed by atoms with van der Waals surface area (Å²) in [4.78, 5) is 11.8. The highest BCUT2D eigenvalue weighted by molar-refractivity contribution is 5.83. The molecular formula is C14H27NO2. The molecular weight excluding hydrogens is 214 g/mol. The third kappa shape index (κ3) is 5.64. The summed E-state index contributed by atoms with van der Waals surface area (Å²) in [6.45, 7) is 2.76. The average Bonchev–Trinajstić information content (AvgIpc) is 2.82. The van der Waals surface area contributed by atoms with Crippen molar-refractivity contribution in [2.24, 2.45) is 5.73 Å². The first-order valence-corrected chi connectivity index (χ1v) is 7.16. The van der Waals surface area contributed by atoms with Gasteiger partial charge in [-0.2, -0.15) is 0 Å². The second-order valence-corrected chi connectivity index (χ2v) is 5.04. The van der Waals surface area contributed by atoms with Crippen molar-refractivity contribution in [1.82, 2.24) is 0 Å². The molecule has 0 bridgehead atoms. The Hall–Kier alpha value is -0.410. The van der Waals surface area contributed by atoms with Gasteiger partial charge in [0.05, 0.1) is 6.10 Å². The molecule has 0 saturated carbocycles. The molecule has 0 radical (unpaired) electrons. The van der Waals surface area contributed by atoms with Gasteiger partial charge in [-0.1, -0.05) is 39.0 Å². The highest BCUT2D eigenvalue weighted by atomic mass is 16.5. The molecule has 17 heavy (non-hydrogen) atoms. The number of unbranched alkanes of at least 4 members (excludes halogenated alkanes) is 5. The van der Waals surface area contributed by atoms with E-state index in [9.17, 15) is 4.79 Å². The van der Waals surface area contributed by atoms with Crippen LogP contribution in [0, 0.1) is 0 Å². The van der Waals surface area contributed by atoms with Crippen LogP contribution in [-0.2, 0) is 9.53 Å². The number of carbonyl (C=O) groups excluding carboxylic acids is 1. The fourth-order valence-electron chi connectivity index (χ4n) is 2.36. The van der Waals surface area contributed by atoms with Crippen molar-refractivity contribution in [3.8, 4) is 0 Å². The number of hydrogen-bond donors (Lipinski definition) is 1. The Labute approximate surface area is 105 Å². The van der Waals surface area contributed by atoms with E-state index < -0.39 is 0 Å². The van der Waals surface area contributed by atoms with Crippen molar-refractivity contribution in [3.63, 3.8) is 0 Å². The van der Waals surface area contributed by atoms with Crippen LogP contribution in [-0.4, -0.2) is 24.5 Å². The van der Waals surface area contributed by atoms with Crippen LogP contribution in [0.25, 0.3) is 0 Å². The predicted octanol–water partition coefficient (Wildman–Crippen LogP) is 2.81. The molecule has 1 saturated heterocycles. The molecule has 0 spiro atoms. The lowest BCUT2D eigenvalue weighted by molar-refractivity contribution is -0.129. The zero-order valence-corrected chi connectivity index (χ0v) is 11.1. The summed E-state index contributed by atoms with van der Waals surface area (Å²) in [6.07, 6.45) is 9.83. The molecule has 1 aliphatic rings. The average molecular weight is 241 g/mol. The van der Waals surface area contributed by atoms with Gasteiger partial charge in [0.2, 0.25) is 0 Å². The lowest BCUT2D eigenvalue weighted by atomic mass is 10.0. The molecule has 2 atom stereocenters. The largest absolute Gasteiger partial charge is 0.366 e. The van der Waals surface area contributed by atoms with Crippen molar-refractivity contribution < 1.29 is 9.53 Å². The van der Waals surface area contributed by atoms with Crippen molar-refractivity contribution in [1.29, 1.82) is 0 Å². The molecule has 2 N–H and O–H groups in total. The van der Waals surface area contributed by atoms with E-state index in [1.807, 2.05) is 0 Å². The van der Waals surface area contributed by atoms with Crippen molar-refractivity contribution in [2.45, 2.75) is 76.9 Å². The first-order chi connectivity index (χ1) is 8.27. The van der Waals surface area contributed by atoms with Crippen LogP contribution in [0.1, 0.15) is 64.7 Å². The monoisotopic (exact) mass is 241 g/mol. The van der Waals surface area contributed by atoms with Gasteiger partial charge in [0, 0.05) is 13.0 Å². The summed E-state index contributed by atoms with van der Waals surface area (Å²) in [5, 5.41) is 0. The van der Waals surface area contributed by atoms with E-state index in [1.165, 1.54) is 32.1 Å². The molecule has 2 unspecified atom stereocenters. The topological polar surface area (TPSA) is 52.3 Å².